The second-order valence-electron chi connectivity index (χ2n) is 4.19. The lowest BCUT2D eigenvalue weighted by Gasteiger charge is -2.19. The number of benzene rings is 1. The standard InChI is InChI=1S/C13H19F2NO2/c1-2-3-7-11(17)12(16)9-5-4-6-10(8-9)18-13(14)15/h4-6,8,11-13,17H,2-3,7,16H2,1H3/t11-,12+/m0/s1. The molecule has 0 saturated carbocycles. The van der Waals surface area contributed by atoms with Crippen molar-refractivity contribution in [3.8, 4) is 5.75 Å². The lowest BCUT2D eigenvalue weighted by atomic mass is 9.98. The molecule has 0 aliphatic carbocycles. The van der Waals surface area contributed by atoms with Crippen LogP contribution in [-0.4, -0.2) is 17.8 Å². The lowest BCUT2D eigenvalue weighted by Crippen LogP contribution is -2.26. The molecule has 2 atom stereocenters. The van der Waals surface area contributed by atoms with Gasteiger partial charge in [-0.3, -0.25) is 0 Å². The van der Waals surface area contributed by atoms with Gasteiger partial charge in [-0.15, -0.1) is 0 Å². The molecule has 1 aromatic rings. The maximum absolute atomic E-state index is 12.1. The van der Waals surface area contributed by atoms with Gasteiger partial charge >= 0.3 is 6.61 Å². The van der Waals surface area contributed by atoms with Crippen LogP contribution in [0.2, 0.25) is 0 Å². The number of alkyl halides is 2. The predicted molar refractivity (Wildman–Crippen MR) is 65.5 cm³/mol. The first-order valence-corrected chi connectivity index (χ1v) is 6.03. The van der Waals surface area contributed by atoms with E-state index in [9.17, 15) is 13.9 Å². The lowest BCUT2D eigenvalue weighted by molar-refractivity contribution is -0.0499. The molecule has 0 fully saturated rings. The number of rotatable bonds is 7. The summed E-state index contributed by atoms with van der Waals surface area (Å²) in [7, 11) is 0. The van der Waals surface area contributed by atoms with Gasteiger partial charge in [0.2, 0.25) is 0 Å². The highest BCUT2D eigenvalue weighted by Gasteiger charge is 2.17. The number of ether oxygens (including phenoxy) is 1. The zero-order valence-corrected chi connectivity index (χ0v) is 10.4. The van der Waals surface area contributed by atoms with E-state index in [-0.39, 0.29) is 5.75 Å². The van der Waals surface area contributed by atoms with E-state index in [0.29, 0.717) is 12.0 Å². The van der Waals surface area contributed by atoms with Crippen LogP contribution in [0.3, 0.4) is 0 Å². The molecule has 0 aliphatic rings. The normalized spacial score (nSPS) is 14.6. The molecule has 0 saturated heterocycles. The van der Waals surface area contributed by atoms with Crippen molar-refractivity contribution in [2.75, 3.05) is 0 Å². The third-order valence-electron chi connectivity index (χ3n) is 2.74. The Bertz CT molecular complexity index is 361. The van der Waals surface area contributed by atoms with Crippen LogP contribution in [0.15, 0.2) is 24.3 Å². The zero-order valence-electron chi connectivity index (χ0n) is 10.4. The summed E-state index contributed by atoms with van der Waals surface area (Å²) in [4.78, 5) is 0. The van der Waals surface area contributed by atoms with Crippen molar-refractivity contribution >= 4 is 0 Å². The van der Waals surface area contributed by atoms with Gasteiger partial charge < -0.3 is 15.6 Å². The van der Waals surface area contributed by atoms with E-state index in [0.717, 1.165) is 12.8 Å². The largest absolute Gasteiger partial charge is 0.435 e. The molecule has 0 aliphatic heterocycles. The van der Waals surface area contributed by atoms with Crippen molar-refractivity contribution in [3.05, 3.63) is 29.8 Å². The average Bonchev–Trinajstić information content (AvgIpc) is 2.34. The Morgan fingerprint density at radius 1 is 1.39 bits per heavy atom. The first kappa shape index (κ1) is 14.9. The molecule has 5 heteroatoms. The van der Waals surface area contributed by atoms with E-state index in [1.54, 1.807) is 12.1 Å². The molecular formula is C13H19F2NO2. The molecule has 0 spiro atoms. The highest BCUT2D eigenvalue weighted by molar-refractivity contribution is 5.31. The van der Waals surface area contributed by atoms with Crippen LogP contribution in [0.5, 0.6) is 5.75 Å². The molecule has 102 valence electrons. The van der Waals surface area contributed by atoms with Crippen LogP contribution in [0, 0.1) is 0 Å². The Kier molecular flexibility index (Phi) is 6.01. The maximum atomic E-state index is 12.1. The second-order valence-corrected chi connectivity index (χ2v) is 4.19. The van der Waals surface area contributed by atoms with Crippen molar-refractivity contribution < 1.29 is 18.6 Å². The molecule has 0 aromatic heterocycles. The van der Waals surface area contributed by atoms with Crippen LogP contribution in [0.1, 0.15) is 37.8 Å². The van der Waals surface area contributed by atoms with Gasteiger partial charge in [-0.2, -0.15) is 8.78 Å². The van der Waals surface area contributed by atoms with E-state index >= 15 is 0 Å². The Morgan fingerprint density at radius 2 is 2.11 bits per heavy atom. The van der Waals surface area contributed by atoms with Gasteiger partial charge in [0.05, 0.1) is 12.1 Å². The first-order valence-electron chi connectivity index (χ1n) is 6.03. The fourth-order valence-electron chi connectivity index (χ4n) is 1.71. The minimum Gasteiger partial charge on any atom is -0.435 e. The summed E-state index contributed by atoms with van der Waals surface area (Å²) < 4.78 is 28.4. The number of aliphatic hydroxyl groups is 1. The highest BCUT2D eigenvalue weighted by Crippen LogP contribution is 2.23. The fraction of sp³-hybridized carbons (Fsp3) is 0.538. The van der Waals surface area contributed by atoms with Crippen LogP contribution < -0.4 is 10.5 Å². The molecule has 0 unspecified atom stereocenters. The van der Waals surface area contributed by atoms with Crippen molar-refractivity contribution in [1.82, 2.24) is 0 Å². The van der Waals surface area contributed by atoms with Crippen LogP contribution in [0.25, 0.3) is 0 Å². The topological polar surface area (TPSA) is 55.5 Å². The molecule has 3 nitrogen and oxygen atoms in total. The predicted octanol–water partition coefficient (Wildman–Crippen LogP) is 2.84. The number of unbranched alkanes of at least 4 members (excludes halogenated alkanes) is 1. The molecule has 1 rings (SSSR count). The molecular weight excluding hydrogens is 240 g/mol. The Morgan fingerprint density at radius 3 is 2.72 bits per heavy atom. The van der Waals surface area contributed by atoms with Gasteiger partial charge in [-0.1, -0.05) is 31.9 Å². The summed E-state index contributed by atoms with van der Waals surface area (Å²) in [5.74, 6) is 0.0561. The minimum atomic E-state index is -2.86. The Balaban J connectivity index is 2.69. The summed E-state index contributed by atoms with van der Waals surface area (Å²) in [6.45, 7) is -0.837. The fourth-order valence-corrected chi connectivity index (χ4v) is 1.71. The van der Waals surface area contributed by atoms with Gasteiger partial charge in [-0.25, -0.2) is 0 Å². The molecule has 1 aromatic carbocycles. The number of aliphatic hydroxyl groups excluding tert-OH is 1. The highest BCUT2D eigenvalue weighted by atomic mass is 19.3. The summed E-state index contributed by atoms with van der Waals surface area (Å²) in [5.41, 5.74) is 6.48. The summed E-state index contributed by atoms with van der Waals surface area (Å²) in [6.07, 6.45) is 1.77. The number of nitrogens with two attached hydrogens (primary N) is 1. The third kappa shape index (κ3) is 4.58. The molecule has 0 radical (unpaired) electrons. The second kappa shape index (κ2) is 7.28. The smallest absolute Gasteiger partial charge is 0.387 e. The Labute approximate surface area is 106 Å². The van der Waals surface area contributed by atoms with Gasteiger partial charge in [0.15, 0.2) is 0 Å². The van der Waals surface area contributed by atoms with Crippen LogP contribution in [-0.2, 0) is 0 Å². The first-order chi connectivity index (χ1) is 8.54. The third-order valence-corrected chi connectivity index (χ3v) is 2.74. The Hall–Kier alpha value is -1.20. The molecule has 0 amide bonds. The van der Waals surface area contributed by atoms with E-state index in [4.69, 9.17) is 5.73 Å². The minimum absolute atomic E-state index is 0.0561. The van der Waals surface area contributed by atoms with E-state index in [1.807, 2.05) is 6.92 Å². The van der Waals surface area contributed by atoms with E-state index in [1.165, 1.54) is 12.1 Å². The van der Waals surface area contributed by atoms with Crippen molar-refractivity contribution in [2.24, 2.45) is 5.73 Å². The molecule has 0 bridgehead atoms. The summed E-state index contributed by atoms with van der Waals surface area (Å²) >= 11 is 0. The summed E-state index contributed by atoms with van der Waals surface area (Å²) in [5, 5.41) is 9.86. The summed E-state index contributed by atoms with van der Waals surface area (Å²) in [6, 6.07) is 5.56. The number of hydrogen-bond acceptors (Lipinski definition) is 3. The zero-order chi connectivity index (χ0) is 13.5. The van der Waals surface area contributed by atoms with Crippen molar-refractivity contribution in [2.45, 2.75) is 44.9 Å². The maximum Gasteiger partial charge on any atom is 0.387 e. The van der Waals surface area contributed by atoms with Crippen molar-refractivity contribution in [1.29, 1.82) is 0 Å². The van der Waals surface area contributed by atoms with Gasteiger partial charge in [0.1, 0.15) is 5.75 Å². The van der Waals surface area contributed by atoms with E-state index in [2.05, 4.69) is 4.74 Å². The monoisotopic (exact) mass is 259 g/mol. The van der Waals surface area contributed by atoms with Crippen LogP contribution >= 0.6 is 0 Å². The van der Waals surface area contributed by atoms with Gasteiger partial charge in [0.25, 0.3) is 0 Å². The van der Waals surface area contributed by atoms with Crippen LogP contribution in [0.4, 0.5) is 8.78 Å². The molecule has 3 N–H and O–H groups in total. The molecule has 18 heavy (non-hydrogen) atoms. The number of hydrogen-bond donors (Lipinski definition) is 2. The van der Waals surface area contributed by atoms with Gasteiger partial charge in [-0.05, 0) is 24.1 Å². The van der Waals surface area contributed by atoms with E-state index < -0.39 is 18.8 Å². The average molecular weight is 259 g/mol. The SMILES string of the molecule is CCCC[C@H](O)[C@H](N)c1cccc(OC(F)F)c1. The number of halogens is 2. The van der Waals surface area contributed by atoms with Gasteiger partial charge in [0, 0.05) is 0 Å². The molecule has 0 heterocycles. The van der Waals surface area contributed by atoms with Crippen molar-refractivity contribution in [3.63, 3.8) is 0 Å². The quantitative estimate of drug-likeness (QED) is 0.791.